The second-order valence-corrected chi connectivity index (χ2v) is 44.0. The molecule has 3 aliphatic heterocycles. The fourth-order valence-electron chi connectivity index (χ4n) is 30.0. The first-order valence-electron chi connectivity index (χ1n) is 48.6. The van der Waals surface area contributed by atoms with Crippen molar-refractivity contribution < 1.29 is 73.2 Å². The highest BCUT2D eigenvalue weighted by atomic mass is 16.6. The number of hydrogen-bond donors (Lipinski definition) is 5. The van der Waals surface area contributed by atoms with Crippen molar-refractivity contribution in [1.82, 2.24) is 14.7 Å². The van der Waals surface area contributed by atoms with Gasteiger partial charge in [-0.1, -0.05) is 104 Å². The Morgan fingerprint density at radius 2 is 0.617 bits per heavy atom. The van der Waals surface area contributed by atoms with Crippen molar-refractivity contribution in [3.05, 3.63) is 48.6 Å². The van der Waals surface area contributed by atoms with E-state index in [0.717, 1.165) is 109 Å². The largest absolute Gasteiger partial charge is 0.481 e. The van der Waals surface area contributed by atoms with Crippen LogP contribution in [0.15, 0.2) is 48.6 Å². The molecule has 680 valence electrons. The van der Waals surface area contributed by atoms with Crippen molar-refractivity contribution in [2.45, 2.75) is 383 Å². The van der Waals surface area contributed by atoms with Gasteiger partial charge in [0.2, 0.25) is 0 Å². The van der Waals surface area contributed by atoms with Crippen LogP contribution in [0.3, 0.4) is 0 Å². The lowest BCUT2D eigenvalue weighted by Gasteiger charge is -2.56. The Labute approximate surface area is 724 Å². The number of aliphatic hydroxyl groups excluding tert-OH is 4. The first kappa shape index (κ1) is 96.3. The van der Waals surface area contributed by atoms with E-state index in [2.05, 4.69) is 96.4 Å². The number of ether oxygens (including phenoxy) is 4. The van der Waals surface area contributed by atoms with Crippen LogP contribution in [0.5, 0.6) is 0 Å². The highest BCUT2D eigenvalue weighted by Crippen LogP contribution is 2.69. The second kappa shape index (κ2) is 40.3. The van der Waals surface area contributed by atoms with Crippen molar-refractivity contribution in [3.8, 4) is 0 Å². The summed E-state index contributed by atoms with van der Waals surface area (Å²) in [6.07, 6.45) is 39.6. The van der Waals surface area contributed by atoms with E-state index in [0.29, 0.717) is 96.2 Å². The van der Waals surface area contributed by atoms with Crippen LogP contribution < -0.4 is 0 Å². The quantitative estimate of drug-likeness (QED) is 0.0349. The summed E-state index contributed by atoms with van der Waals surface area (Å²) in [6, 6.07) is 0. The van der Waals surface area contributed by atoms with Gasteiger partial charge in [-0.05, 0) is 387 Å². The highest BCUT2D eigenvalue weighted by Gasteiger charge is 2.63. The molecule has 15 aliphatic rings. The summed E-state index contributed by atoms with van der Waals surface area (Å²) in [5.74, 6) is 5.00. The van der Waals surface area contributed by atoms with Gasteiger partial charge in [0.25, 0.3) is 5.97 Å². The van der Waals surface area contributed by atoms with Gasteiger partial charge in [-0.3, -0.25) is 24.0 Å². The number of carboxylic acids is 1. The molecule has 0 aromatic carbocycles. The molecule has 15 fully saturated rings. The summed E-state index contributed by atoms with van der Waals surface area (Å²) in [4.78, 5) is 75.7. The average molecular weight is 1680 g/mol. The Morgan fingerprint density at radius 3 is 0.883 bits per heavy atom. The average Bonchev–Trinajstić information content (AvgIpc) is 1.58. The lowest BCUT2D eigenvalue weighted by Crippen LogP contribution is -2.54. The molecule has 0 radical (unpaired) electrons. The van der Waals surface area contributed by atoms with Crippen molar-refractivity contribution in [2.24, 2.45) is 114 Å². The molecule has 18 heteroatoms. The maximum Gasteiger partial charge on any atom is 0.302 e. The lowest BCUT2D eigenvalue weighted by molar-refractivity contribution is -0.180. The molecular weight excluding hydrogens is 1510 g/mol. The van der Waals surface area contributed by atoms with Crippen LogP contribution in [0.1, 0.15) is 334 Å². The molecule has 0 aromatic heterocycles. The van der Waals surface area contributed by atoms with E-state index in [-0.39, 0.29) is 111 Å². The molecule has 15 rings (SSSR count). The minimum Gasteiger partial charge on any atom is -0.481 e. The predicted octanol–water partition coefficient (Wildman–Crippen LogP) is 19.0. The van der Waals surface area contributed by atoms with Gasteiger partial charge in [0.05, 0.1) is 24.4 Å². The van der Waals surface area contributed by atoms with Crippen molar-refractivity contribution in [3.63, 3.8) is 0 Å². The number of likely N-dealkylation sites (tertiary alicyclic amines) is 3. The van der Waals surface area contributed by atoms with Crippen LogP contribution in [0, 0.1) is 114 Å². The number of fused-ring (bicyclic) bond motifs is 4. The Morgan fingerprint density at radius 1 is 0.358 bits per heavy atom. The summed E-state index contributed by atoms with van der Waals surface area (Å²) in [5, 5.41) is 49.6. The zero-order valence-electron chi connectivity index (χ0n) is 77.3. The Hall–Kier alpha value is -4.30. The Bertz CT molecular complexity index is 3440. The summed E-state index contributed by atoms with van der Waals surface area (Å²) in [7, 11) is 0. The fourth-order valence-corrected chi connectivity index (χ4v) is 30.0. The monoisotopic (exact) mass is 1670 g/mol. The van der Waals surface area contributed by atoms with Crippen LogP contribution in [-0.4, -0.2) is 184 Å². The summed E-state index contributed by atoms with van der Waals surface area (Å²) in [6.45, 7) is 55.0. The number of carbonyl (C=O) groups excluding carboxylic acids is 5. The van der Waals surface area contributed by atoms with Gasteiger partial charge >= 0.3 is 23.9 Å². The minimum atomic E-state index is -0.833. The zero-order valence-corrected chi connectivity index (χ0v) is 77.3. The first-order valence-corrected chi connectivity index (χ1v) is 48.6. The molecule has 12 saturated carbocycles. The summed E-state index contributed by atoms with van der Waals surface area (Å²) in [5.41, 5.74) is 6.42. The third-order valence-electron chi connectivity index (χ3n) is 37.5. The molecule has 0 spiro atoms. The molecule has 120 heavy (non-hydrogen) atoms. The molecule has 3 heterocycles. The van der Waals surface area contributed by atoms with E-state index in [9.17, 15) is 44.4 Å². The van der Waals surface area contributed by atoms with E-state index in [4.69, 9.17) is 28.8 Å². The zero-order chi connectivity index (χ0) is 87.2. The Balaban J connectivity index is 0.000000154. The summed E-state index contributed by atoms with van der Waals surface area (Å²) < 4.78 is 22.9. The highest BCUT2D eigenvalue weighted by molar-refractivity contribution is 5.68. The fraction of sp³-hybridized carbons (Fsp3) is 0.863. The second-order valence-electron chi connectivity index (χ2n) is 44.0. The number of aldehydes is 1. The molecule has 0 bridgehead atoms. The number of hydrogen-bond acceptors (Lipinski definition) is 17. The van der Waals surface area contributed by atoms with Gasteiger partial charge in [-0.2, -0.15) is 0 Å². The third-order valence-corrected chi connectivity index (χ3v) is 37.5. The molecule has 0 aromatic rings. The number of allylic oxidation sites excluding steroid dienone is 4. The first-order chi connectivity index (χ1) is 56.7. The number of nitrogens with zero attached hydrogens (tertiary/aromatic N) is 3. The molecule has 3 saturated heterocycles. The van der Waals surface area contributed by atoms with Crippen molar-refractivity contribution >= 4 is 36.1 Å². The SMILES string of the molecule is C=C1CCC2[C@H](CC=O)C([C@@]3(C)CC[C@H](OC(C)=O)C[C@@H]3OC(C)=O)CC[C@]12C.C=C1CCC2[C@H](CCN3CCCC3)C([C@@]3(C)CC[C@H](O)C[C@@H]3O)CC[C@]12C.C=C1CCC2[C@H](CCN3CCCC3)C([C@@]3(C)CC[C@H](O)C[C@@H]3O)CC[C@]12C.C=C1CCC2[C@H](CCN3CCCC3)C([C@@]3(C)CC[C@H](OC(C)=O)C[C@@H]3OC(C)=O)CC[C@]12C.CC(=O)O. The van der Waals surface area contributed by atoms with Crippen LogP contribution in [-0.2, 0) is 47.7 Å². The van der Waals surface area contributed by atoms with Crippen LogP contribution in [0.2, 0.25) is 0 Å². The molecular formula is C102H167N3O15. The maximum atomic E-state index is 12.1. The van der Waals surface area contributed by atoms with Crippen molar-refractivity contribution in [2.75, 3.05) is 58.9 Å². The number of aliphatic carboxylic acids is 1. The van der Waals surface area contributed by atoms with Crippen molar-refractivity contribution in [1.29, 1.82) is 0 Å². The van der Waals surface area contributed by atoms with E-state index in [1.54, 1.807) is 0 Å². The van der Waals surface area contributed by atoms with Gasteiger partial charge in [-0.25, -0.2) is 0 Å². The van der Waals surface area contributed by atoms with Gasteiger partial charge in [-0.15, -0.1) is 0 Å². The number of esters is 4. The third kappa shape index (κ3) is 20.9. The van der Waals surface area contributed by atoms with E-state index >= 15 is 0 Å². The van der Waals surface area contributed by atoms with E-state index in [1.807, 2.05) is 0 Å². The Kier molecular flexibility index (Phi) is 32.4. The van der Waals surface area contributed by atoms with Gasteiger partial charge in [0.15, 0.2) is 0 Å². The molecule has 12 aliphatic carbocycles. The maximum absolute atomic E-state index is 12.1. The van der Waals surface area contributed by atoms with E-state index < -0.39 is 5.97 Å². The number of aliphatic hydroxyl groups is 4. The molecule has 18 nitrogen and oxygen atoms in total. The standard InChI is InChI=1S/C28H45NO4.2C24H41NO2.C24H36O5.C2H4O2/c1-19-8-9-24-23(12-17-29-15-6-7-16-29)25(11-14-27(19,24)4)28(5)13-10-22(32-20(2)30)18-26(28)33-21(3)31;2*1-17-6-7-20-19(10-15-25-13-4-5-14-25)21(9-12-23(17,20)2)24(3)11-8-18(26)16-22(24)27;1-15-6-7-20-19(10-13-25)21(9-12-23(15,20)4)24(5)11-8-18(28-16(2)26)14-22(24)29-17(3)27;1-2(3)4/h22-26H,1,6-18H2,2-5H3;2*18-22,26-27H,1,4-16H2,2-3H3;13,18-22H,1,6-12,14H2,2-5H3;1H3,(H,3,4)/t22-,23-,24?,25?,26-,27+,28+;3*18-,19-,20?,21?,22-,23+,24+;/m0000./s1. The van der Waals surface area contributed by atoms with E-state index in [1.165, 1.54) is 237 Å². The molecule has 5 N–H and O–H groups in total. The van der Waals surface area contributed by atoms with Gasteiger partial charge in [0.1, 0.15) is 30.7 Å². The van der Waals surface area contributed by atoms with Gasteiger partial charge < -0.3 is 64.0 Å². The number of rotatable bonds is 19. The van der Waals surface area contributed by atoms with Crippen LogP contribution >= 0.6 is 0 Å². The lowest BCUT2D eigenvalue weighted by atomic mass is 9.50. The normalized spacial score (nSPS) is 43.7. The molecule has 0 amide bonds. The minimum absolute atomic E-state index is 0.0276. The predicted molar refractivity (Wildman–Crippen MR) is 474 cm³/mol. The van der Waals surface area contributed by atoms with Crippen LogP contribution in [0.4, 0.5) is 0 Å². The smallest absolute Gasteiger partial charge is 0.302 e. The van der Waals surface area contributed by atoms with Crippen LogP contribution in [0.25, 0.3) is 0 Å². The number of carbonyl (C=O) groups is 6. The topological polar surface area (TPSA) is 250 Å². The number of carboxylic acid groups (broad SMARTS) is 1. The molecule has 8 unspecified atom stereocenters. The summed E-state index contributed by atoms with van der Waals surface area (Å²) >= 11 is 0. The van der Waals surface area contributed by atoms with Gasteiger partial charge in [0, 0.05) is 64.7 Å². The molecule has 28 atom stereocenters.